The molecule has 0 N–H and O–H groups in total. The van der Waals surface area contributed by atoms with Crippen LogP contribution < -0.4 is 0 Å². The van der Waals surface area contributed by atoms with E-state index in [1.165, 1.54) is 0 Å². The molecule has 7 atom stereocenters. The van der Waals surface area contributed by atoms with Gasteiger partial charge >= 0.3 is 32.7 Å². The maximum atomic E-state index is 5.46. The van der Waals surface area contributed by atoms with Crippen molar-refractivity contribution >= 4 is 23.5 Å². The van der Waals surface area contributed by atoms with Gasteiger partial charge in [0.2, 0.25) is 0 Å². The number of hydrogen-bond donors (Lipinski definition) is 0. The maximum Gasteiger partial charge on any atom is 3.00 e. The summed E-state index contributed by atoms with van der Waals surface area (Å²) in [6, 6.07) is -0.673. The van der Waals surface area contributed by atoms with Gasteiger partial charge in [-0.25, -0.2) is 0 Å². The van der Waals surface area contributed by atoms with Gasteiger partial charge in [-0.3, -0.25) is 12.8 Å². The van der Waals surface area contributed by atoms with E-state index < -0.39 is 0 Å². The number of hydrogen-bond acceptors (Lipinski definition) is 6. The minimum Gasteiger partial charge on any atom is -0.417 e. The molecule has 0 saturated carbocycles. The first kappa shape index (κ1) is 29.1. The molecule has 0 aromatic carbocycles. The van der Waals surface area contributed by atoms with Crippen molar-refractivity contribution in [3.05, 3.63) is 32.6 Å². The smallest absolute Gasteiger partial charge is 0.417 e. The fourth-order valence-corrected chi connectivity index (χ4v) is 2.54. The van der Waals surface area contributed by atoms with Gasteiger partial charge in [0.1, 0.15) is 23.5 Å². The molecule has 0 spiro atoms. The van der Waals surface area contributed by atoms with Crippen LogP contribution in [0.3, 0.4) is 0 Å². The van der Waals surface area contributed by atoms with Crippen LogP contribution in [0, 0.1) is 32.6 Å². The standard InChI is InChI=1S/C6H9BO2.C6H10BO2.C6H9BO2.Y/c1-4-3-5(8-2)6(7)9-4;2*1-8-4-5-2-3-6(7)9-5;/h3-6H,1H2,2H3;2,5-6H,3-4H2,1H3;2-3,5-6H,4H2,1H3;/q3*-1;+3/t4-,5?,6-;2*5-,6+;/m100./s1. The molecule has 28 heavy (non-hydrogen) atoms. The summed E-state index contributed by atoms with van der Waals surface area (Å²) < 4.78 is 30.0. The summed E-state index contributed by atoms with van der Waals surface area (Å²) in [5.74, 6) is 0. The van der Waals surface area contributed by atoms with Crippen molar-refractivity contribution in [2.24, 2.45) is 0 Å². The predicted molar refractivity (Wildman–Crippen MR) is 105 cm³/mol. The molecule has 6 nitrogen and oxygen atoms in total. The molecular formula is C18H28B3O6Y. The number of methoxy groups -OCH3 is 3. The Hall–Kier alpha value is 1.06. The van der Waals surface area contributed by atoms with Gasteiger partial charge in [-0.15, -0.1) is 0 Å². The Morgan fingerprint density at radius 3 is 2.04 bits per heavy atom. The third kappa shape index (κ3) is 12.0. The molecule has 1 unspecified atom stereocenters. The molecule has 148 valence electrons. The van der Waals surface area contributed by atoms with Gasteiger partial charge in [0, 0.05) is 40.5 Å². The summed E-state index contributed by atoms with van der Waals surface area (Å²) in [5, 5.41) is 0. The molecular weight excluding hydrogens is 434 g/mol. The van der Waals surface area contributed by atoms with Crippen LogP contribution in [0.5, 0.6) is 0 Å². The number of rotatable bonds is 5. The Morgan fingerprint density at radius 1 is 1.04 bits per heavy atom. The predicted octanol–water partition coefficient (Wildman–Crippen LogP) is -0.0139. The van der Waals surface area contributed by atoms with Gasteiger partial charge in [-0.1, -0.05) is 6.10 Å². The monoisotopic (exact) mass is 462 g/mol. The zero-order chi connectivity index (χ0) is 20.2. The van der Waals surface area contributed by atoms with Crippen LogP contribution in [0.15, 0.2) is 0 Å². The van der Waals surface area contributed by atoms with E-state index in [1.807, 2.05) is 25.7 Å². The number of ether oxygens (including phenoxy) is 6. The average molecular weight is 462 g/mol. The minimum absolute atomic E-state index is 0. The van der Waals surface area contributed by atoms with Crippen molar-refractivity contribution < 1.29 is 61.1 Å². The van der Waals surface area contributed by atoms with Gasteiger partial charge < -0.3 is 35.3 Å². The van der Waals surface area contributed by atoms with Crippen LogP contribution in [0.4, 0.5) is 0 Å². The van der Waals surface area contributed by atoms with Gasteiger partial charge in [0.05, 0.1) is 6.10 Å². The second kappa shape index (κ2) is 16.7. The van der Waals surface area contributed by atoms with Crippen molar-refractivity contribution in [2.75, 3.05) is 34.5 Å². The van der Waals surface area contributed by atoms with Crippen LogP contribution in [0.2, 0.25) is 0 Å². The maximum absolute atomic E-state index is 5.46. The summed E-state index contributed by atoms with van der Waals surface area (Å²) in [6.07, 6.45) is 8.41. The summed E-state index contributed by atoms with van der Waals surface area (Å²) in [6.45, 7) is 4.85. The normalized spacial score (nSPS) is 36.6. The fraction of sp³-hybridized carbons (Fsp3) is 0.722. The van der Waals surface area contributed by atoms with E-state index in [0.29, 0.717) is 13.2 Å². The first-order valence-corrected chi connectivity index (χ1v) is 8.83. The third-order valence-corrected chi connectivity index (χ3v) is 3.82. The van der Waals surface area contributed by atoms with E-state index in [2.05, 4.69) is 6.92 Å². The summed E-state index contributed by atoms with van der Waals surface area (Å²) >= 11 is 0. The van der Waals surface area contributed by atoms with Gasteiger partial charge in [-0.2, -0.15) is 12.8 Å². The first-order chi connectivity index (χ1) is 12.9. The van der Waals surface area contributed by atoms with Crippen LogP contribution in [0.1, 0.15) is 6.42 Å². The Labute approximate surface area is 199 Å². The van der Waals surface area contributed by atoms with Gasteiger partial charge in [-0.05, 0) is 30.6 Å². The van der Waals surface area contributed by atoms with E-state index in [-0.39, 0.29) is 75.1 Å². The fourth-order valence-electron chi connectivity index (χ4n) is 2.54. The Kier molecular flexibility index (Phi) is 17.3. The van der Waals surface area contributed by atoms with Crippen LogP contribution in [-0.4, -0.2) is 101 Å². The molecule has 10 heteroatoms. The van der Waals surface area contributed by atoms with Gasteiger partial charge in [0.15, 0.2) is 0 Å². The molecule has 0 aromatic rings. The molecule has 0 aromatic heterocycles. The van der Waals surface area contributed by atoms with E-state index in [1.54, 1.807) is 21.3 Å². The van der Waals surface area contributed by atoms with Crippen LogP contribution in [0.25, 0.3) is 0 Å². The summed E-state index contributed by atoms with van der Waals surface area (Å²) in [4.78, 5) is 0. The molecule has 3 aliphatic heterocycles. The minimum atomic E-state index is -0.336. The Morgan fingerprint density at radius 2 is 1.68 bits per heavy atom. The first-order valence-electron chi connectivity index (χ1n) is 8.83. The van der Waals surface area contributed by atoms with Crippen molar-refractivity contribution in [3.63, 3.8) is 0 Å². The van der Waals surface area contributed by atoms with Crippen molar-refractivity contribution in [1.82, 2.24) is 0 Å². The third-order valence-electron chi connectivity index (χ3n) is 3.82. The van der Waals surface area contributed by atoms with Crippen molar-refractivity contribution in [2.45, 2.75) is 48.8 Å². The quantitative estimate of drug-likeness (QED) is 0.424. The molecule has 3 saturated heterocycles. The molecule has 0 bridgehead atoms. The Balaban J connectivity index is 0.000000384. The largest absolute Gasteiger partial charge is 3.00 e. The molecule has 3 fully saturated rings. The zero-order valence-electron chi connectivity index (χ0n) is 16.9. The SMILES string of the molecule is [B][C@@H]1O[C@H]([CH2-])[CH]C1OC.[B][C@H]1C[CH-][C@@H](COC)O1.[B][C@H]1[CH][CH-][C@@H](COC)O1.[Y+3]. The molecule has 3 rings (SSSR count). The zero-order valence-corrected chi connectivity index (χ0v) is 19.8. The van der Waals surface area contributed by atoms with E-state index >= 15 is 0 Å². The molecule has 0 amide bonds. The van der Waals surface area contributed by atoms with Gasteiger partial charge in [0.25, 0.3) is 0 Å². The summed E-state index contributed by atoms with van der Waals surface area (Å²) in [5.41, 5.74) is 0. The Bertz CT molecular complexity index is 359. The van der Waals surface area contributed by atoms with Crippen LogP contribution in [-0.2, 0) is 61.1 Å². The van der Waals surface area contributed by atoms with Crippen molar-refractivity contribution in [1.29, 1.82) is 0 Å². The van der Waals surface area contributed by atoms with Crippen molar-refractivity contribution in [3.8, 4) is 0 Å². The average Bonchev–Trinajstić information content (AvgIpc) is 3.31. The molecule has 3 heterocycles. The van der Waals surface area contributed by atoms with E-state index in [4.69, 9.17) is 52.0 Å². The summed E-state index contributed by atoms with van der Waals surface area (Å²) in [7, 11) is 21.2. The van der Waals surface area contributed by atoms with Crippen LogP contribution >= 0.6 is 0 Å². The second-order valence-corrected chi connectivity index (χ2v) is 6.15. The van der Waals surface area contributed by atoms with E-state index in [0.717, 1.165) is 6.42 Å². The van der Waals surface area contributed by atoms with E-state index in [9.17, 15) is 0 Å². The topological polar surface area (TPSA) is 55.4 Å². The molecule has 0 aliphatic carbocycles. The molecule has 3 aliphatic rings. The molecule has 8 radical (unpaired) electrons. The second-order valence-electron chi connectivity index (χ2n) is 6.15.